The Morgan fingerprint density at radius 2 is 1.84 bits per heavy atom. The number of nitrogens with two attached hydrogens (primary N) is 1. The monoisotopic (exact) mass is 428 g/mol. The number of carbonyl (C=O) groups excluding carboxylic acids is 3. The van der Waals surface area contributed by atoms with E-state index in [0.29, 0.717) is 13.0 Å². The summed E-state index contributed by atoms with van der Waals surface area (Å²) >= 11 is 0. The fourth-order valence-electron chi connectivity index (χ4n) is 4.56. The molecule has 1 aromatic carbocycles. The molecule has 1 aromatic rings. The summed E-state index contributed by atoms with van der Waals surface area (Å²) in [6.45, 7) is 7.82. The molecule has 0 unspecified atom stereocenters. The molecule has 4 N–H and O–H groups in total. The van der Waals surface area contributed by atoms with E-state index in [1.165, 1.54) is 11.1 Å². The fraction of sp³-hybridized carbons (Fsp3) is 0.625. The third kappa shape index (κ3) is 5.26. The Kier molecular flexibility index (Phi) is 7.04. The van der Waals surface area contributed by atoms with E-state index in [0.717, 1.165) is 25.7 Å². The van der Waals surface area contributed by atoms with Gasteiger partial charge >= 0.3 is 0 Å². The molecule has 3 amide bonds. The topological polar surface area (TPSA) is 105 Å². The molecule has 0 saturated carbocycles. The predicted molar refractivity (Wildman–Crippen MR) is 120 cm³/mol. The number of hydrogen-bond donors (Lipinski definition) is 3. The molecule has 0 aromatic heterocycles. The smallest absolute Gasteiger partial charge is 0.246 e. The molecule has 2 aliphatic rings. The molecule has 1 aliphatic heterocycles. The maximum Gasteiger partial charge on any atom is 0.246 e. The van der Waals surface area contributed by atoms with Gasteiger partial charge in [0.05, 0.1) is 12.1 Å². The molecule has 0 bridgehead atoms. The largest absolute Gasteiger partial charge is 0.347 e. The number of benzene rings is 1. The molecule has 7 nitrogen and oxygen atoms in total. The first-order chi connectivity index (χ1) is 14.6. The van der Waals surface area contributed by atoms with Crippen LogP contribution in [0.25, 0.3) is 0 Å². The molecule has 31 heavy (non-hydrogen) atoms. The minimum absolute atomic E-state index is 0.0220. The summed E-state index contributed by atoms with van der Waals surface area (Å²) in [4.78, 5) is 40.5. The summed E-state index contributed by atoms with van der Waals surface area (Å²) in [6.07, 6.45) is 4.36. The molecule has 1 aliphatic carbocycles. The van der Waals surface area contributed by atoms with E-state index < -0.39 is 23.5 Å². The lowest BCUT2D eigenvalue weighted by molar-refractivity contribution is -0.144. The van der Waals surface area contributed by atoms with Crippen molar-refractivity contribution in [3.8, 4) is 0 Å². The van der Waals surface area contributed by atoms with Gasteiger partial charge in [0.25, 0.3) is 0 Å². The van der Waals surface area contributed by atoms with Crippen molar-refractivity contribution < 1.29 is 14.4 Å². The molecular weight excluding hydrogens is 392 g/mol. The lowest BCUT2D eigenvalue weighted by Gasteiger charge is -2.36. The van der Waals surface area contributed by atoms with Crippen molar-refractivity contribution in [2.45, 2.75) is 84.0 Å². The molecular formula is C24H36N4O3. The third-order valence-electron chi connectivity index (χ3n) is 6.34. The first kappa shape index (κ1) is 23.3. The number of rotatable bonds is 5. The van der Waals surface area contributed by atoms with Crippen LogP contribution in [0, 0.1) is 5.41 Å². The second kappa shape index (κ2) is 9.39. The highest BCUT2D eigenvalue weighted by molar-refractivity contribution is 5.94. The van der Waals surface area contributed by atoms with Gasteiger partial charge in [-0.05, 0) is 55.6 Å². The summed E-state index contributed by atoms with van der Waals surface area (Å²) in [5.74, 6) is -0.700. The zero-order valence-corrected chi connectivity index (χ0v) is 19.1. The molecule has 4 atom stereocenters. The Hall–Kier alpha value is -2.41. The number of hydrogen-bond acceptors (Lipinski definition) is 4. The van der Waals surface area contributed by atoms with E-state index in [1.54, 1.807) is 11.8 Å². The Labute approximate surface area is 185 Å². The number of nitrogens with one attached hydrogen (secondary N) is 2. The number of likely N-dealkylation sites (tertiary alicyclic amines) is 1. The quantitative estimate of drug-likeness (QED) is 0.668. The van der Waals surface area contributed by atoms with Crippen molar-refractivity contribution >= 4 is 17.7 Å². The van der Waals surface area contributed by atoms with Crippen molar-refractivity contribution in [1.82, 2.24) is 15.5 Å². The van der Waals surface area contributed by atoms with Crippen LogP contribution in [0.3, 0.4) is 0 Å². The average Bonchev–Trinajstić information content (AvgIpc) is 3.20. The van der Waals surface area contributed by atoms with Gasteiger partial charge in [-0.1, -0.05) is 45.0 Å². The Morgan fingerprint density at radius 1 is 1.13 bits per heavy atom. The second-order valence-corrected chi connectivity index (χ2v) is 9.94. The summed E-state index contributed by atoms with van der Waals surface area (Å²) < 4.78 is 0. The number of carbonyl (C=O) groups is 3. The normalized spacial score (nSPS) is 22.9. The number of nitrogens with zero attached hydrogens (tertiary/aromatic N) is 1. The van der Waals surface area contributed by atoms with Crippen LogP contribution in [-0.4, -0.2) is 47.3 Å². The first-order valence-corrected chi connectivity index (χ1v) is 11.3. The summed E-state index contributed by atoms with van der Waals surface area (Å²) in [7, 11) is 0. The zero-order chi connectivity index (χ0) is 22.8. The summed E-state index contributed by atoms with van der Waals surface area (Å²) in [6, 6.07) is 6.25. The van der Waals surface area contributed by atoms with Crippen LogP contribution in [0.15, 0.2) is 24.3 Å². The van der Waals surface area contributed by atoms with Crippen LogP contribution in [0.1, 0.15) is 70.5 Å². The van der Waals surface area contributed by atoms with Gasteiger partial charge in [0.2, 0.25) is 17.7 Å². The SMILES string of the molecule is C[C@H](N)C(=O)N[C@H](C(=O)N1CCC[C@H]1C(=O)N[C@H]1CCCc2ccccc21)C(C)(C)C. The first-order valence-electron chi connectivity index (χ1n) is 11.3. The van der Waals surface area contributed by atoms with E-state index in [9.17, 15) is 14.4 Å². The summed E-state index contributed by atoms with van der Waals surface area (Å²) in [5.41, 5.74) is 7.65. The van der Waals surface area contributed by atoms with Gasteiger partial charge in [-0.2, -0.15) is 0 Å². The standard InChI is InChI=1S/C24H36N4O3/c1-15(25)21(29)27-20(24(2,3)4)23(31)28-14-8-13-19(28)22(30)26-18-12-7-10-16-9-5-6-11-17(16)18/h5-6,9,11,15,18-20H,7-8,10,12-14,25H2,1-4H3,(H,26,30)(H,27,29)/t15-,18-,19-,20+/m0/s1. The number of fused-ring (bicyclic) bond motifs is 1. The third-order valence-corrected chi connectivity index (χ3v) is 6.34. The highest BCUT2D eigenvalue weighted by Crippen LogP contribution is 2.31. The van der Waals surface area contributed by atoms with Crippen LogP contribution in [-0.2, 0) is 20.8 Å². The molecule has 7 heteroatoms. The maximum atomic E-state index is 13.4. The van der Waals surface area contributed by atoms with Crippen molar-refractivity contribution in [3.63, 3.8) is 0 Å². The number of aryl methyl sites for hydroxylation is 1. The van der Waals surface area contributed by atoms with Crippen LogP contribution in [0.5, 0.6) is 0 Å². The molecule has 170 valence electrons. The second-order valence-electron chi connectivity index (χ2n) is 9.94. The van der Waals surface area contributed by atoms with Crippen molar-refractivity contribution in [3.05, 3.63) is 35.4 Å². The molecule has 0 spiro atoms. The van der Waals surface area contributed by atoms with Crippen molar-refractivity contribution in [1.29, 1.82) is 0 Å². The highest BCUT2D eigenvalue weighted by Gasteiger charge is 2.42. The molecule has 3 rings (SSSR count). The van der Waals surface area contributed by atoms with Gasteiger partial charge in [0.15, 0.2) is 0 Å². The Bertz CT molecular complexity index is 830. The van der Waals surface area contributed by atoms with Gasteiger partial charge in [-0.15, -0.1) is 0 Å². The minimum Gasteiger partial charge on any atom is -0.347 e. The van der Waals surface area contributed by atoms with Crippen LogP contribution >= 0.6 is 0 Å². The van der Waals surface area contributed by atoms with Gasteiger partial charge < -0.3 is 21.3 Å². The van der Waals surface area contributed by atoms with Gasteiger partial charge in [-0.3, -0.25) is 14.4 Å². The molecule has 1 fully saturated rings. The maximum absolute atomic E-state index is 13.4. The van der Waals surface area contributed by atoms with E-state index in [-0.39, 0.29) is 23.8 Å². The van der Waals surface area contributed by atoms with E-state index in [2.05, 4.69) is 22.8 Å². The molecule has 1 saturated heterocycles. The average molecular weight is 429 g/mol. The summed E-state index contributed by atoms with van der Waals surface area (Å²) in [5, 5.41) is 6.00. The van der Waals surface area contributed by atoms with Crippen molar-refractivity contribution in [2.24, 2.45) is 11.1 Å². The lowest BCUT2D eigenvalue weighted by Crippen LogP contribution is -2.59. The van der Waals surface area contributed by atoms with E-state index >= 15 is 0 Å². The van der Waals surface area contributed by atoms with Gasteiger partial charge in [0, 0.05) is 6.54 Å². The number of amides is 3. The van der Waals surface area contributed by atoms with E-state index in [4.69, 9.17) is 5.73 Å². The lowest BCUT2D eigenvalue weighted by atomic mass is 9.85. The van der Waals surface area contributed by atoms with Gasteiger partial charge in [-0.25, -0.2) is 0 Å². The highest BCUT2D eigenvalue weighted by atomic mass is 16.2. The van der Waals surface area contributed by atoms with Crippen LogP contribution in [0.4, 0.5) is 0 Å². The zero-order valence-electron chi connectivity index (χ0n) is 19.1. The fourth-order valence-corrected chi connectivity index (χ4v) is 4.56. The van der Waals surface area contributed by atoms with Crippen molar-refractivity contribution in [2.75, 3.05) is 6.54 Å². The molecule has 1 heterocycles. The van der Waals surface area contributed by atoms with Crippen LogP contribution in [0.2, 0.25) is 0 Å². The Balaban J connectivity index is 1.74. The molecule has 0 radical (unpaired) electrons. The van der Waals surface area contributed by atoms with Gasteiger partial charge in [0.1, 0.15) is 12.1 Å². The Morgan fingerprint density at radius 3 is 2.52 bits per heavy atom. The van der Waals surface area contributed by atoms with Crippen LogP contribution < -0.4 is 16.4 Å². The van der Waals surface area contributed by atoms with E-state index in [1.807, 2.05) is 32.9 Å². The predicted octanol–water partition coefficient (Wildman–Crippen LogP) is 2.05. The minimum atomic E-state index is -0.741.